The van der Waals surface area contributed by atoms with Crippen molar-refractivity contribution < 1.29 is 4.42 Å². The van der Waals surface area contributed by atoms with Crippen molar-refractivity contribution in [3.05, 3.63) is 204 Å². The first-order valence-corrected chi connectivity index (χ1v) is 19.2. The van der Waals surface area contributed by atoms with Gasteiger partial charge in [0.15, 0.2) is 17.5 Å². The summed E-state index contributed by atoms with van der Waals surface area (Å²) in [6.07, 6.45) is 0. The zero-order valence-electron chi connectivity index (χ0n) is 31.1. The zero-order valence-corrected chi connectivity index (χ0v) is 31.1. The average molecular weight is 745 g/mol. The molecule has 3 heterocycles. The minimum absolute atomic E-state index is 0.0644. The van der Waals surface area contributed by atoms with Crippen LogP contribution in [0.4, 0.5) is 0 Å². The molecule has 58 heavy (non-hydrogen) atoms. The van der Waals surface area contributed by atoms with Crippen molar-refractivity contribution >= 4 is 43.7 Å². The molecule has 0 radical (unpaired) electrons. The zero-order chi connectivity index (χ0) is 38.6. The summed E-state index contributed by atoms with van der Waals surface area (Å²) in [6, 6.07) is 65.0. The van der Waals surface area contributed by atoms with Crippen molar-refractivity contribution in [3.8, 4) is 62.1 Å². The standard InChI is InChI=1S/C52H32N4O2/c57-47-42-23-12-21-39(33-26-28-36(29-27-33)52-54-50(34-14-4-1-5-15-34)53-51(55-52)35-16-6-2-7-17-35)48(42)58-49-40(22-13-24-43(47)49)37-30-31-46-44(32-37)41-20-10-11-25-45(41)56(46)38-18-8-3-9-19-38/h1-32H. The summed E-state index contributed by atoms with van der Waals surface area (Å²) >= 11 is 0. The molecule has 272 valence electrons. The van der Waals surface area contributed by atoms with Crippen LogP contribution in [0.15, 0.2) is 203 Å². The van der Waals surface area contributed by atoms with Gasteiger partial charge >= 0.3 is 0 Å². The first-order valence-electron chi connectivity index (χ1n) is 19.2. The maximum Gasteiger partial charge on any atom is 0.200 e. The summed E-state index contributed by atoms with van der Waals surface area (Å²) in [5, 5.41) is 3.36. The third-order valence-corrected chi connectivity index (χ3v) is 10.9. The summed E-state index contributed by atoms with van der Waals surface area (Å²) < 4.78 is 9.18. The van der Waals surface area contributed by atoms with Gasteiger partial charge in [0.2, 0.25) is 5.43 Å². The van der Waals surface area contributed by atoms with Crippen molar-refractivity contribution in [2.45, 2.75) is 0 Å². The van der Waals surface area contributed by atoms with Gasteiger partial charge in [-0.2, -0.15) is 0 Å². The van der Waals surface area contributed by atoms with E-state index in [0.29, 0.717) is 39.4 Å². The van der Waals surface area contributed by atoms with Crippen LogP contribution >= 0.6 is 0 Å². The number of rotatable bonds is 6. The van der Waals surface area contributed by atoms with Gasteiger partial charge in [-0.3, -0.25) is 4.79 Å². The summed E-state index contributed by atoms with van der Waals surface area (Å²) in [5.74, 6) is 1.78. The number of nitrogens with zero attached hydrogens (tertiary/aromatic N) is 4. The van der Waals surface area contributed by atoms with E-state index in [-0.39, 0.29) is 5.43 Å². The normalized spacial score (nSPS) is 11.5. The van der Waals surface area contributed by atoms with Gasteiger partial charge in [-0.1, -0.05) is 152 Å². The van der Waals surface area contributed by atoms with Gasteiger partial charge < -0.3 is 8.98 Å². The van der Waals surface area contributed by atoms with Crippen LogP contribution in [0.2, 0.25) is 0 Å². The molecule has 11 rings (SSSR count). The van der Waals surface area contributed by atoms with Gasteiger partial charge in [0.05, 0.1) is 21.8 Å². The van der Waals surface area contributed by atoms with Gasteiger partial charge in [0.1, 0.15) is 11.2 Å². The predicted molar refractivity (Wildman–Crippen MR) is 235 cm³/mol. The van der Waals surface area contributed by atoms with Crippen LogP contribution in [0, 0.1) is 0 Å². The molecule has 0 fully saturated rings. The van der Waals surface area contributed by atoms with Crippen LogP contribution in [-0.4, -0.2) is 19.5 Å². The van der Waals surface area contributed by atoms with Crippen molar-refractivity contribution in [2.75, 3.05) is 0 Å². The van der Waals surface area contributed by atoms with E-state index in [0.717, 1.165) is 66.4 Å². The Hall–Kier alpha value is -7.96. The summed E-state index contributed by atoms with van der Waals surface area (Å²) in [4.78, 5) is 28.9. The molecule has 6 heteroatoms. The number of hydrogen-bond acceptors (Lipinski definition) is 5. The van der Waals surface area contributed by atoms with Crippen molar-refractivity contribution in [1.29, 1.82) is 0 Å². The lowest BCUT2D eigenvalue weighted by Gasteiger charge is -2.12. The van der Waals surface area contributed by atoms with Gasteiger partial charge in [0.25, 0.3) is 0 Å². The Kier molecular flexibility index (Phi) is 7.86. The number of benzene rings is 8. The molecule has 0 unspecified atom stereocenters. The number of aromatic nitrogens is 4. The van der Waals surface area contributed by atoms with E-state index in [1.165, 1.54) is 0 Å². The molecule has 11 aromatic rings. The van der Waals surface area contributed by atoms with E-state index < -0.39 is 0 Å². The first-order chi connectivity index (χ1) is 28.7. The number of hydrogen-bond donors (Lipinski definition) is 0. The maximum absolute atomic E-state index is 14.3. The Morgan fingerprint density at radius 3 is 1.41 bits per heavy atom. The molecule has 6 nitrogen and oxygen atoms in total. The van der Waals surface area contributed by atoms with E-state index in [4.69, 9.17) is 19.4 Å². The maximum atomic E-state index is 14.3. The highest BCUT2D eigenvalue weighted by Crippen LogP contribution is 2.38. The third kappa shape index (κ3) is 5.58. The van der Waals surface area contributed by atoms with Crippen LogP contribution in [-0.2, 0) is 0 Å². The molecule has 8 aromatic carbocycles. The summed E-state index contributed by atoms with van der Waals surface area (Å²) in [5.41, 5.74) is 10.6. The lowest BCUT2D eigenvalue weighted by molar-refractivity contribution is 0.662. The minimum atomic E-state index is -0.0644. The molecule has 0 atom stereocenters. The van der Waals surface area contributed by atoms with E-state index in [1.54, 1.807) is 0 Å². The SMILES string of the molecule is O=c1c2cccc(-c3ccc(-c4nc(-c5ccccc5)nc(-c5ccccc5)n4)cc3)c2oc2c(-c3ccc4c(c3)c3ccccc3n4-c3ccccc3)cccc12. The predicted octanol–water partition coefficient (Wildman–Crippen LogP) is 12.6. The average Bonchev–Trinajstić information content (AvgIpc) is 3.63. The van der Waals surface area contributed by atoms with Crippen LogP contribution in [0.3, 0.4) is 0 Å². The monoisotopic (exact) mass is 744 g/mol. The van der Waals surface area contributed by atoms with Crippen LogP contribution < -0.4 is 5.43 Å². The Morgan fingerprint density at radius 1 is 0.362 bits per heavy atom. The van der Waals surface area contributed by atoms with E-state index >= 15 is 0 Å². The molecule has 0 saturated carbocycles. The lowest BCUT2D eigenvalue weighted by atomic mass is 9.98. The second-order valence-corrected chi connectivity index (χ2v) is 14.3. The number of para-hydroxylation sites is 4. The second kappa shape index (κ2) is 13.7. The smallest absolute Gasteiger partial charge is 0.200 e. The van der Waals surface area contributed by atoms with Crippen LogP contribution in [0.5, 0.6) is 0 Å². The van der Waals surface area contributed by atoms with Crippen molar-refractivity contribution in [3.63, 3.8) is 0 Å². The Morgan fingerprint density at radius 2 is 0.810 bits per heavy atom. The lowest BCUT2D eigenvalue weighted by Crippen LogP contribution is -2.03. The fourth-order valence-electron chi connectivity index (χ4n) is 8.09. The molecule has 0 amide bonds. The van der Waals surface area contributed by atoms with Gasteiger partial charge in [-0.15, -0.1) is 0 Å². The first kappa shape index (κ1) is 33.4. The van der Waals surface area contributed by atoms with Crippen molar-refractivity contribution in [2.24, 2.45) is 0 Å². The molecule has 0 bridgehead atoms. The van der Waals surface area contributed by atoms with Crippen LogP contribution in [0.25, 0.3) is 106 Å². The van der Waals surface area contributed by atoms with Gasteiger partial charge in [0, 0.05) is 44.3 Å². The third-order valence-electron chi connectivity index (χ3n) is 10.9. The molecule has 0 N–H and O–H groups in total. The highest BCUT2D eigenvalue weighted by Gasteiger charge is 2.19. The highest BCUT2D eigenvalue weighted by atomic mass is 16.3. The molecule has 0 aliphatic carbocycles. The Bertz CT molecular complexity index is 3340. The number of fused-ring (bicyclic) bond motifs is 5. The minimum Gasteiger partial charge on any atom is -0.455 e. The van der Waals surface area contributed by atoms with Crippen molar-refractivity contribution in [1.82, 2.24) is 19.5 Å². The van der Waals surface area contributed by atoms with E-state index in [1.807, 2.05) is 127 Å². The van der Waals surface area contributed by atoms with E-state index in [9.17, 15) is 4.79 Å². The fraction of sp³-hybridized carbons (Fsp3) is 0. The van der Waals surface area contributed by atoms with E-state index in [2.05, 4.69) is 71.3 Å². The summed E-state index contributed by atoms with van der Waals surface area (Å²) in [6.45, 7) is 0. The fourth-order valence-corrected chi connectivity index (χ4v) is 8.09. The molecule has 0 aliphatic rings. The second-order valence-electron chi connectivity index (χ2n) is 14.3. The topological polar surface area (TPSA) is 73.8 Å². The Labute approximate surface area is 333 Å². The molecule has 0 aliphatic heterocycles. The molecule has 3 aromatic heterocycles. The van der Waals surface area contributed by atoms with Gasteiger partial charge in [-0.05, 0) is 53.6 Å². The quantitative estimate of drug-likeness (QED) is 0.159. The molecular formula is C52H32N4O2. The Balaban J connectivity index is 1.03. The summed E-state index contributed by atoms with van der Waals surface area (Å²) in [7, 11) is 0. The molecule has 0 saturated heterocycles. The van der Waals surface area contributed by atoms with Crippen LogP contribution in [0.1, 0.15) is 0 Å². The largest absolute Gasteiger partial charge is 0.455 e. The van der Waals surface area contributed by atoms with Gasteiger partial charge in [-0.25, -0.2) is 15.0 Å². The molecular weight excluding hydrogens is 713 g/mol. The molecule has 0 spiro atoms. The highest BCUT2D eigenvalue weighted by molar-refractivity contribution is 6.11.